The van der Waals surface area contributed by atoms with Crippen LogP contribution < -0.4 is 9.64 Å². The maximum absolute atomic E-state index is 13.0. The molecule has 0 unspecified atom stereocenters. The van der Waals surface area contributed by atoms with Gasteiger partial charge in [-0.05, 0) is 29.8 Å². The molecule has 2 fully saturated rings. The fourth-order valence-electron chi connectivity index (χ4n) is 4.07. The molecule has 3 amide bonds. The zero-order valence-corrected chi connectivity index (χ0v) is 17.0. The molecule has 0 spiro atoms. The summed E-state index contributed by atoms with van der Waals surface area (Å²) in [6.45, 7) is 2.29. The molecule has 0 aromatic heterocycles. The van der Waals surface area contributed by atoms with Gasteiger partial charge in [-0.2, -0.15) is 0 Å². The quantitative estimate of drug-likeness (QED) is 0.706. The summed E-state index contributed by atoms with van der Waals surface area (Å²) in [5, 5.41) is 0. The van der Waals surface area contributed by atoms with Crippen LogP contribution >= 0.6 is 0 Å². The molecule has 0 aliphatic carbocycles. The van der Waals surface area contributed by atoms with E-state index in [4.69, 9.17) is 4.74 Å². The first-order valence-corrected chi connectivity index (χ1v) is 10.1. The maximum atomic E-state index is 13.0. The van der Waals surface area contributed by atoms with Gasteiger partial charge < -0.3 is 9.64 Å². The second-order valence-electron chi connectivity index (χ2n) is 7.56. The molecule has 2 aromatic rings. The highest BCUT2D eigenvalue weighted by Crippen LogP contribution is 2.27. The van der Waals surface area contributed by atoms with Gasteiger partial charge in [0.05, 0.1) is 31.7 Å². The Morgan fingerprint density at radius 3 is 2.27 bits per heavy atom. The number of piperazine rings is 1. The van der Waals surface area contributed by atoms with Crippen molar-refractivity contribution in [3.05, 3.63) is 60.2 Å². The van der Waals surface area contributed by atoms with Crippen LogP contribution in [0.15, 0.2) is 54.6 Å². The number of anilines is 1. The van der Waals surface area contributed by atoms with Crippen molar-refractivity contribution < 1.29 is 19.1 Å². The first-order chi connectivity index (χ1) is 14.6. The third kappa shape index (κ3) is 4.07. The van der Waals surface area contributed by atoms with E-state index in [1.54, 1.807) is 31.4 Å². The van der Waals surface area contributed by atoms with E-state index in [9.17, 15) is 14.4 Å². The Balaban J connectivity index is 1.36. The van der Waals surface area contributed by atoms with Crippen LogP contribution in [0.25, 0.3) is 0 Å². The maximum Gasteiger partial charge on any atom is 0.251 e. The molecule has 4 rings (SSSR count). The minimum Gasteiger partial charge on any atom is -0.497 e. The van der Waals surface area contributed by atoms with Gasteiger partial charge in [-0.1, -0.05) is 30.3 Å². The monoisotopic (exact) mass is 407 g/mol. The molecule has 2 saturated heterocycles. The molecule has 0 N–H and O–H groups in total. The van der Waals surface area contributed by atoms with Gasteiger partial charge in [0.15, 0.2) is 0 Å². The van der Waals surface area contributed by atoms with Gasteiger partial charge in [-0.3, -0.25) is 19.3 Å². The summed E-state index contributed by atoms with van der Waals surface area (Å²) in [6.07, 6.45) is 0.551. The molecular formula is C23H25N3O4. The smallest absolute Gasteiger partial charge is 0.251 e. The average Bonchev–Trinajstić information content (AvgIpc) is 3.08. The molecular weight excluding hydrogens is 382 g/mol. The van der Waals surface area contributed by atoms with Crippen LogP contribution in [0.3, 0.4) is 0 Å². The predicted molar refractivity (Wildman–Crippen MR) is 112 cm³/mol. The number of ether oxygens (including phenoxy) is 1. The number of hydrogen-bond acceptors (Lipinski definition) is 5. The van der Waals surface area contributed by atoms with Crippen LogP contribution in [0.4, 0.5) is 5.69 Å². The Kier molecular flexibility index (Phi) is 5.81. The summed E-state index contributed by atoms with van der Waals surface area (Å²) >= 11 is 0. The molecule has 2 aliphatic rings. The van der Waals surface area contributed by atoms with E-state index in [0.29, 0.717) is 44.0 Å². The summed E-state index contributed by atoms with van der Waals surface area (Å²) < 4.78 is 5.14. The van der Waals surface area contributed by atoms with Crippen molar-refractivity contribution in [2.45, 2.75) is 18.9 Å². The van der Waals surface area contributed by atoms with Crippen LogP contribution in [0, 0.1) is 0 Å². The Labute approximate surface area is 175 Å². The highest BCUT2D eigenvalue weighted by molar-refractivity contribution is 6.22. The lowest BCUT2D eigenvalue weighted by Gasteiger charge is -2.37. The Hall–Kier alpha value is -3.19. The summed E-state index contributed by atoms with van der Waals surface area (Å²) in [7, 11) is 1.57. The van der Waals surface area contributed by atoms with Crippen molar-refractivity contribution >= 4 is 23.4 Å². The molecule has 2 aromatic carbocycles. The van der Waals surface area contributed by atoms with Crippen molar-refractivity contribution in [2.24, 2.45) is 0 Å². The van der Waals surface area contributed by atoms with Gasteiger partial charge in [0.25, 0.3) is 5.91 Å². The molecule has 2 aliphatic heterocycles. The Morgan fingerprint density at radius 1 is 0.967 bits per heavy atom. The van der Waals surface area contributed by atoms with Crippen LogP contribution in [0.5, 0.6) is 5.75 Å². The highest BCUT2D eigenvalue weighted by Gasteiger charge is 2.43. The minimum atomic E-state index is -0.467. The van der Waals surface area contributed by atoms with Gasteiger partial charge in [0, 0.05) is 26.2 Å². The summed E-state index contributed by atoms with van der Waals surface area (Å²) in [6, 6.07) is 16.1. The zero-order valence-electron chi connectivity index (χ0n) is 17.0. The number of nitrogens with zero attached hydrogens (tertiary/aromatic N) is 3. The normalized spacial score (nSPS) is 20.0. The Morgan fingerprint density at radius 2 is 1.63 bits per heavy atom. The zero-order chi connectivity index (χ0) is 21.1. The molecule has 156 valence electrons. The van der Waals surface area contributed by atoms with Gasteiger partial charge in [-0.15, -0.1) is 0 Å². The fraction of sp³-hybridized carbons (Fsp3) is 0.348. The van der Waals surface area contributed by atoms with Crippen molar-refractivity contribution in [3.63, 3.8) is 0 Å². The number of benzene rings is 2. The number of methoxy groups -OCH3 is 1. The van der Waals surface area contributed by atoms with Crippen LogP contribution in [0.1, 0.15) is 12.0 Å². The van der Waals surface area contributed by atoms with Gasteiger partial charge >= 0.3 is 0 Å². The lowest BCUT2D eigenvalue weighted by molar-refractivity contribution is -0.133. The van der Waals surface area contributed by atoms with Crippen LogP contribution in [0.2, 0.25) is 0 Å². The Bertz CT molecular complexity index is 921. The van der Waals surface area contributed by atoms with Crippen LogP contribution in [-0.2, 0) is 20.8 Å². The minimum absolute atomic E-state index is 0.0922. The first-order valence-electron chi connectivity index (χ1n) is 10.1. The predicted octanol–water partition coefficient (Wildman–Crippen LogP) is 1.71. The molecule has 1 atom stereocenters. The van der Waals surface area contributed by atoms with Crippen LogP contribution in [-0.4, -0.2) is 66.9 Å². The van der Waals surface area contributed by atoms with Crippen molar-refractivity contribution in [2.75, 3.05) is 38.2 Å². The molecule has 0 saturated carbocycles. The number of imide groups is 1. The van der Waals surface area contributed by atoms with E-state index in [1.807, 2.05) is 40.1 Å². The van der Waals surface area contributed by atoms with Gasteiger partial charge in [0.2, 0.25) is 11.8 Å². The molecule has 30 heavy (non-hydrogen) atoms. The fourth-order valence-corrected chi connectivity index (χ4v) is 4.07. The van der Waals surface area contributed by atoms with Crippen molar-refractivity contribution in [1.82, 2.24) is 9.80 Å². The summed E-state index contributed by atoms with van der Waals surface area (Å²) in [4.78, 5) is 43.2. The van der Waals surface area contributed by atoms with Crippen molar-refractivity contribution in [1.29, 1.82) is 0 Å². The number of rotatable bonds is 5. The molecule has 7 nitrogen and oxygen atoms in total. The molecule has 0 bridgehead atoms. The van der Waals surface area contributed by atoms with Gasteiger partial charge in [0.1, 0.15) is 5.75 Å². The number of hydrogen-bond donors (Lipinski definition) is 0. The van der Waals surface area contributed by atoms with E-state index in [2.05, 4.69) is 0 Å². The van der Waals surface area contributed by atoms with E-state index in [1.165, 1.54) is 4.90 Å². The first kappa shape index (κ1) is 20.1. The number of carbonyl (C=O) groups excluding carboxylic acids is 3. The number of amides is 3. The molecule has 7 heteroatoms. The van der Waals surface area contributed by atoms with E-state index >= 15 is 0 Å². The van der Waals surface area contributed by atoms with Gasteiger partial charge in [-0.25, -0.2) is 4.90 Å². The molecule has 0 radical (unpaired) electrons. The van der Waals surface area contributed by atoms with E-state index < -0.39 is 6.04 Å². The average molecular weight is 407 g/mol. The standard InChI is InChI=1S/C23H25N3O4/c1-30-19-9-7-18(8-10-19)26-22(28)16-20(23(26)29)24-11-13-25(14-12-24)21(27)15-17-5-3-2-4-6-17/h2-10,20H,11-16H2,1H3/t20-/m0/s1. The van der Waals surface area contributed by atoms with E-state index in [-0.39, 0.29) is 24.1 Å². The topological polar surface area (TPSA) is 70.2 Å². The lowest BCUT2D eigenvalue weighted by atomic mass is 10.1. The second-order valence-corrected chi connectivity index (χ2v) is 7.56. The number of carbonyl (C=O) groups is 3. The highest BCUT2D eigenvalue weighted by atomic mass is 16.5. The third-order valence-electron chi connectivity index (χ3n) is 5.76. The second kappa shape index (κ2) is 8.67. The largest absolute Gasteiger partial charge is 0.497 e. The van der Waals surface area contributed by atoms with E-state index in [0.717, 1.165) is 5.56 Å². The SMILES string of the molecule is COc1ccc(N2C(=O)C[C@H](N3CCN(C(=O)Cc4ccccc4)CC3)C2=O)cc1. The summed E-state index contributed by atoms with van der Waals surface area (Å²) in [5.74, 6) is 0.368. The van der Waals surface area contributed by atoms with Crippen molar-refractivity contribution in [3.8, 4) is 5.75 Å². The summed E-state index contributed by atoms with van der Waals surface area (Å²) in [5.41, 5.74) is 1.56. The molecule has 2 heterocycles. The lowest BCUT2D eigenvalue weighted by Crippen LogP contribution is -2.54. The third-order valence-corrected chi connectivity index (χ3v) is 5.76.